The van der Waals surface area contributed by atoms with Crippen LogP contribution in [0, 0.1) is 0 Å². The van der Waals surface area contributed by atoms with Gasteiger partial charge < -0.3 is 15.1 Å². The van der Waals surface area contributed by atoms with Crippen molar-refractivity contribution in [2.45, 2.75) is 38.6 Å². The number of nitrogens with zero attached hydrogens (tertiary/aromatic N) is 2. The maximum absolute atomic E-state index is 12.3. The molecule has 0 radical (unpaired) electrons. The van der Waals surface area contributed by atoms with Crippen LogP contribution in [-0.4, -0.2) is 59.7 Å². The summed E-state index contributed by atoms with van der Waals surface area (Å²) in [6.45, 7) is 4.40. The van der Waals surface area contributed by atoms with Crippen LogP contribution in [0.25, 0.3) is 0 Å². The second-order valence-electron chi connectivity index (χ2n) is 5.07. The van der Waals surface area contributed by atoms with Gasteiger partial charge in [-0.15, -0.1) is 0 Å². The average Bonchev–Trinajstić information content (AvgIpc) is 2.71. The summed E-state index contributed by atoms with van der Waals surface area (Å²) in [5, 5.41) is 2.71. The molecule has 0 saturated carbocycles. The zero-order valence-electron chi connectivity index (χ0n) is 11.4. The Labute approximate surface area is 113 Å². The molecule has 6 heteroatoms. The van der Waals surface area contributed by atoms with E-state index in [0.717, 1.165) is 6.42 Å². The molecule has 1 unspecified atom stereocenters. The second-order valence-corrected chi connectivity index (χ2v) is 5.07. The van der Waals surface area contributed by atoms with Crippen molar-refractivity contribution in [2.24, 2.45) is 0 Å². The highest BCUT2D eigenvalue weighted by atomic mass is 16.2. The van der Waals surface area contributed by atoms with Crippen molar-refractivity contribution in [3.8, 4) is 0 Å². The van der Waals surface area contributed by atoms with Gasteiger partial charge >= 0.3 is 0 Å². The van der Waals surface area contributed by atoms with Crippen LogP contribution < -0.4 is 5.32 Å². The molecule has 2 saturated heterocycles. The van der Waals surface area contributed by atoms with Crippen LogP contribution in [0.2, 0.25) is 0 Å². The van der Waals surface area contributed by atoms with Gasteiger partial charge in [0.15, 0.2) is 0 Å². The molecular formula is C13H21N3O3. The summed E-state index contributed by atoms with van der Waals surface area (Å²) < 4.78 is 0. The Hall–Kier alpha value is -1.59. The van der Waals surface area contributed by atoms with Crippen molar-refractivity contribution < 1.29 is 14.4 Å². The van der Waals surface area contributed by atoms with E-state index in [1.807, 2.05) is 11.8 Å². The highest BCUT2D eigenvalue weighted by Crippen LogP contribution is 2.12. The third kappa shape index (κ3) is 3.24. The summed E-state index contributed by atoms with van der Waals surface area (Å²) in [5.74, 6) is 0.0936. The van der Waals surface area contributed by atoms with E-state index < -0.39 is 0 Å². The third-order valence-electron chi connectivity index (χ3n) is 3.76. The lowest BCUT2D eigenvalue weighted by Gasteiger charge is -2.24. The number of carbonyl (C=O) groups excluding carboxylic acids is 3. The van der Waals surface area contributed by atoms with Crippen LogP contribution in [-0.2, 0) is 14.4 Å². The monoisotopic (exact) mass is 267 g/mol. The van der Waals surface area contributed by atoms with Crippen molar-refractivity contribution in [3.05, 3.63) is 0 Å². The molecule has 0 aromatic carbocycles. The molecule has 0 aromatic heterocycles. The Morgan fingerprint density at radius 3 is 2.53 bits per heavy atom. The quantitative estimate of drug-likeness (QED) is 0.749. The molecule has 106 valence electrons. The Kier molecular flexibility index (Phi) is 4.39. The number of carbonyl (C=O) groups is 3. The van der Waals surface area contributed by atoms with E-state index in [-0.39, 0.29) is 23.8 Å². The summed E-state index contributed by atoms with van der Waals surface area (Å²) in [6, 6.07) is -0.360. The fraction of sp³-hybridized carbons (Fsp3) is 0.769. The summed E-state index contributed by atoms with van der Waals surface area (Å²) >= 11 is 0. The molecule has 2 heterocycles. The first-order chi connectivity index (χ1) is 9.11. The minimum atomic E-state index is -0.360. The lowest BCUT2D eigenvalue weighted by molar-refractivity contribution is -0.135. The van der Waals surface area contributed by atoms with Gasteiger partial charge in [-0.1, -0.05) is 6.92 Å². The summed E-state index contributed by atoms with van der Waals surface area (Å²) in [5.41, 5.74) is 0. The highest BCUT2D eigenvalue weighted by Gasteiger charge is 2.31. The van der Waals surface area contributed by atoms with Crippen LogP contribution in [0.1, 0.15) is 32.6 Å². The lowest BCUT2D eigenvalue weighted by atomic mass is 10.2. The zero-order chi connectivity index (χ0) is 13.8. The van der Waals surface area contributed by atoms with Crippen molar-refractivity contribution in [3.63, 3.8) is 0 Å². The first-order valence-electron chi connectivity index (χ1n) is 6.97. The van der Waals surface area contributed by atoms with E-state index >= 15 is 0 Å². The topological polar surface area (TPSA) is 69.7 Å². The molecule has 0 bridgehead atoms. The molecule has 2 aliphatic heterocycles. The van der Waals surface area contributed by atoms with Crippen LogP contribution in [0.5, 0.6) is 0 Å². The number of amides is 3. The fourth-order valence-corrected chi connectivity index (χ4v) is 2.63. The maximum Gasteiger partial charge on any atom is 0.245 e. The van der Waals surface area contributed by atoms with Gasteiger partial charge in [0.2, 0.25) is 17.7 Å². The van der Waals surface area contributed by atoms with Crippen LogP contribution in [0.3, 0.4) is 0 Å². The van der Waals surface area contributed by atoms with Gasteiger partial charge in [-0.05, 0) is 12.8 Å². The van der Waals surface area contributed by atoms with E-state index in [1.165, 1.54) is 0 Å². The molecule has 0 spiro atoms. The van der Waals surface area contributed by atoms with E-state index in [4.69, 9.17) is 0 Å². The Morgan fingerprint density at radius 2 is 1.89 bits per heavy atom. The number of nitrogens with one attached hydrogen (secondary N) is 1. The number of hydrogen-bond donors (Lipinski definition) is 1. The van der Waals surface area contributed by atoms with Crippen LogP contribution in [0.15, 0.2) is 0 Å². The van der Waals surface area contributed by atoms with Gasteiger partial charge in [-0.2, -0.15) is 0 Å². The van der Waals surface area contributed by atoms with Crippen LogP contribution >= 0.6 is 0 Å². The van der Waals surface area contributed by atoms with Crippen molar-refractivity contribution in [2.75, 3.05) is 26.2 Å². The van der Waals surface area contributed by atoms with Crippen LogP contribution in [0.4, 0.5) is 0 Å². The van der Waals surface area contributed by atoms with E-state index in [0.29, 0.717) is 45.4 Å². The van der Waals surface area contributed by atoms with Crippen molar-refractivity contribution in [1.82, 2.24) is 15.1 Å². The van der Waals surface area contributed by atoms with Gasteiger partial charge in [-0.3, -0.25) is 14.4 Å². The first kappa shape index (κ1) is 13.8. The van der Waals surface area contributed by atoms with Crippen molar-refractivity contribution >= 4 is 17.7 Å². The zero-order valence-corrected chi connectivity index (χ0v) is 11.4. The number of hydrogen-bond acceptors (Lipinski definition) is 3. The molecule has 1 atom stereocenters. The first-order valence-corrected chi connectivity index (χ1v) is 6.97. The van der Waals surface area contributed by atoms with Gasteiger partial charge in [0.25, 0.3) is 0 Å². The van der Waals surface area contributed by atoms with Gasteiger partial charge in [0.1, 0.15) is 6.04 Å². The summed E-state index contributed by atoms with van der Waals surface area (Å²) in [7, 11) is 0. The molecule has 0 aromatic rings. The van der Waals surface area contributed by atoms with Gasteiger partial charge in [0, 0.05) is 39.0 Å². The predicted molar refractivity (Wildman–Crippen MR) is 69.2 cm³/mol. The molecule has 19 heavy (non-hydrogen) atoms. The Bertz CT molecular complexity index is 383. The maximum atomic E-state index is 12.3. The van der Waals surface area contributed by atoms with Gasteiger partial charge in [-0.25, -0.2) is 0 Å². The molecule has 3 amide bonds. The Balaban J connectivity index is 1.90. The standard InChI is InChI=1S/C13H21N3O3/c1-2-12(18)15-6-3-7-16(9-8-15)13(19)10-4-5-11(17)14-10/h10H,2-9H2,1H3,(H,14,17). The highest BCUT2D eigenvalue weighted by molar-refractivity contribution is 5.90. The molecule has 0 aliphatic carbocycles. The Morgan fingerprint density at radius 1 is 1.21 bits per heavy atom. The molecule has 2 aliphatic rings. The normalized spacial score (nSPS) is 24.1. The second kappa shape index (κ2) is 6.04. The van der Waals surface area contributed by atoms with Gasteiger partial charge in [0.05, 0.1) is 0 Å². The largest absolute Gasteiger partial charge is 0.344 e. The molecule has 2 fully saturated rings. The van der Waals surface area contributed by atoms with Crippen molar-refractivity contribution in [1.29, 1.82) is 0 Å². The molecule has 6 nitrogen and oxygen atoms in total. The molecule has 2 rings (SSSR count). The van der Waals surface area contributed by atoms with E-state index in [9.17, 15) is 14.4 Å². The summed E-state index contributed by atoms with van der Waals surface area (Å²) in [6.07, 6.45) is 2.33. The SMILES string of the molecule is CCC(=O)N1CCCN(C(=O)C2CCC(=O)N2)CC1. The van der Waals surface area contributed by atoms with E-state index in [2.05, 4.69) is 5.32 Å². The lowest BCUT2D eigenvalue weighted by Crippen LogP contribution is -2.46. The predicted octanol–water partition coefficient (Wildman–Crippen LogP) is -0.264. The minimum Gasteiger partial charge on any atom is -0.344 e. The number of rotatable bonds is 2. The smallest absolute Gasteiger partial charge is 0.245 e. The molecule has 1 N–H and O–H groups in total. The average molecular weight is 267 g/mol. The fourth-order valence-electron chi connectivity index (χ4n) is 2.63. The summed E-state index contributed by atoms with van der Waals surface area (Å²) in [4.78, 5) is 38.7. The third-order valence-corrected chi connectivity index (χ3v) is 3.76. The van der Waals surface area contributed by atoms with E-state index in [1.54, 1.807) is 4.90 Å². The molecular weight excluding hydrogens is 246 g/mol. The minimum absolute atomic E-state index is 0.00310.